The quantitative estimate of drug-likeness (QED) is 0.671. The summed E-state index contributed by atoms with van der Waals surface area (Å²) in [5, 5.41) is 2.99. The fourth-order valence-corrected chi connectivity index (χ4v) is 1.38. The van der Waals surface area contributed by atoms with E-state index in [1.54, 1.807) is 0 Å². The Morgan fingerprint density at radius 2 is 2.33 bits per heavy atom. The van der Waals surface area contributed by atoms with Crippen molar-refractivity contribution in [3.8, 4) is 0 Å². The van der Waals surface area contributed by atoms with Crippen LogP contribution in [0.3, 0.4) is 0 Å². The summed E-state index contributed by atoms with van der Waals surface area (Å²) in [5.41, 5.74) is 6.12. The predicted molar refractivity (Wildman–Crippen MR) is 59.3 cm³/mol. The maximum atomic E-state index is 11.1. The summed E-state index contributed by atoms with van der Waals surface area (Å²) in [5.74, 6) is 0.583. The molecule has 1 aliphatic rings. The van der Waals surface area contributed by atoms with Crippen LogP contribution in [0.4, 0.5) is 11.8 Å². The van der Waals surface area contributed by atoms with Gasteiger partial charge in [0.05, 0.1) is 0 Å². The van der Waals surface area contributed by atoms with E-state index < -0.39 is 0 Å². The van der Waals surface area contributed by atoms with Crippen LogP contribution < -0.4 is 16.6 Å². The minimum Gasteiger partial charge on any atom is -0.383 e. The van der Waals surface area contributed by atoms with Crippen molar-refractivity contribution in [1.82, 2.24) is 9.97 Å². The number of nitrogen functional groups attached to an aromatic ring is 1. The Balaban J connectivity index is 2.20. The van der Waals surface area contributed by atoms with E-state index in [2.05, 4.69) is 21.4 Å². The first-order valence-electron chi connectivity index (χ1n) is 4.74. The molecule has 0 fully saturated rings. The number of nitrogens with one attached hydrogen (secondary N) is 2. The van der Waals surface area contributed by atoms with Gasteiger partial charge < -0.3 is 11.1 Å². The fourth-order valence-electron chi connectivity index (χ4n) is 1.38. The van der Waals surface area contributed by atoms with Gasteiger partial charge in [0.15, 0.2) is 0 Å². The molecule has 5 heteroatoms. The van der Waals surface area contributed by atoms with E-state index in [0.29, 0.717) is 5.95 Å². The zero-order valence-electron chi connectivity index (χ0n) is 8.16. The number of rotatable bonds is 2. The van der Waals surface area contributed by atoms with E-state index >= 15 is 0 Å². The highest BCUT2D eigenvalue weighted by atomic mass is 16.1. The van der Waals surface area contributed by atoms with Crippen molar-refractivity contribution >= 4 is 11.8 Å². The van der Waals surface area contributed by atoms with Crippen molar-refractivity contribution in [3.05, 3.63) is 40.3 Å². The van der Waals surface area contributed by atoms with E-state index in [1.807, 2.05) is 12.2 Å². The molecule has 0 aliphatic heterocycles. The second-order valence-electron chi connectivity index (χ2n) is 3.28. The van der Waals surface area contributed by atoms with Gasteiger partial charge in [-0.25, -0.2) is 0 Å². The Hall–Kier alpha value is -2.04. The van der Waals surface area contributed by atoms with Gasteiger partial charge >= 0.3 is 0 Å². The number of allylic oxidation sites excluding steroid dienone is 3. The lowest BCUT2D eigenvalue weighted by molar-refractivity contribution is 1.01. The molecule has 0 unspecified atom stereocenters. The van der Waals surface area contributed by atoms with Crippen molar-refractivity contribution in [2.45, 2.75) is 12.8 Å². The highest BCUT2D eigenvalue weighted by Gasteiger charge is 2.01. The summed E-state index contributed by atoms with van der Waals surface area (Å²) in [6.07, 6.45) is 8.10. The normalized spacial score (nSPS) is 14.8. The molecule has 0 saturated heterocycles. The van der Waals surface area contributed by atoms with Gasteiger partial charge in [0.2, 0.25) is 5.95 Å². The third-order valence-electron chi connectivity index (χ3n) is 2.02. The zero-order valence-corrected chi connectivity index (χ0v) is 8.16. The van der Waals surface area contributed by atoms with Crippen molar-refractivity contribution in [2.75, 3.05) is 11.1 Å². The molecule has 4 N–H and O–H groups in total. The number of aromatic nitrogens is 2. The van der Waals surface area contributed by atoms with Crippen LogP contribution >= 0.6 is 0 Å². The fraction of sp³-hybridized carbons (Fsp3) is 0.200. The number of anilines is 2. The lowest BCUT2D eigenvalue weighted by Gasteiger charge is -2.09. The highest BCUT2D eigenvalue weighted by molar-refractivity contribution is 5.43. The van der Waals surface area contributed by atoms with Gasteiger partial charge in [-0.1, -0.05) is 12.2 Å². The smallest absolute Gasteiger partial charge is 0.254 e. The van der Waals surface area contributed by atoms with Gasteiger partial charge in [-0.2, -0.15) is 4.98 Å². The molecular weight excluding hydrogens is 192 g/mol. The molecule has 2 rings (SSSR count). The number of H-pyrrole nitrogens is 1. The average molecular weight is 204 g/mol. The third kappa shape index (κ3) is 2.46. The largest absolute Gasteiger partial charge is 0.383 e. The van der Waals surface area contributed by atoms with Crippen molar-refractivity contribution in [3.63, 3.8) is 0 Å². The van der Waals surface area contributed by atoms with Crippen LogP contribution in [-0.2, 0) is 0 Å². The molecule has 0 spiro atoms. The van der Waals surface area contributed by atoms with E-state index in [0.717, 1.165) is 18.5 Å². The molecule has 0 bridgehead atoms. The first-order chi connectivity index (χ1) is 7.24. The summed E-state index contributed by atoms with van der Waals surface area (Å²) in [6.45, 7) is 0. The molecule has 0 atom stereocenters. The molecule has 1 heterocycles. The lowest BCUT2D eigenvalue weighted by atomic mass is 10.1. The molecule has 0 radical (unpaired) electrons. The van der Waals surface area contributed by atoms with E-state index in [1.165, 1.54) is 6.07 Å². The average Bonchev–Trinajstić information content (AvgIpc) is 2.17. The minimum atomic E-state index is -0.259. The number of nitrogens with two attached hydrogens (primary N) is 1. The first kappa shape index (κ1) is 9.51. The van der Waals surface area contributed by atoms with Crippen LogP contribution in [0.25, 0.3) is 0 Å². The summed E-state index contributed by atoms with van der Waals surface area (Å²) in [7, 11) is 0. The van der Waals surface area contributed by atoms with Gasteiger partial charge in [0.1, 0.15) is 5.82 Å². The molecule has 5 nitrogen and oxygen atoms in total. The predicted octanol–water partition coefficient (Wildman–Crippen LogP) is 0.998. The Morgan fingerprint density at radius 1 is 1.47 bits per heavy atom. The van der Waals surface area contributed by atoms with Crippen molar-refractivity contribution in [2.24, 2.45) is 0 Å². The Morgan fingerprint density at radius 3 is 3.00 bits per heavy atom. The summed E-state index contributed by atoms with van der Waals surface area (Å²) in [4.78, 5) is 17.6. The number of aromatic amines is 1. The van der Waals surface area contributed by atoms with Crippen LogP contribution in [0.5, 0.6) is 0 Å². The molecule has 1 aromatic rings. The van der Waals surface area contributed by atoms with Gasteiger partial charge in [-0.05, 0) is 18.9 Å². The van der Waals surface area contributed by atoms with E-state index in [4.69, 9.17) is 5.73 Å². The zero-order chi connectivity index (χ0) is 10.7. The van der Waals surface area contributed by atoms with Gasteiger partial charge in [0.25, 0.3) is 5.56 Å². The van der Waals surface area contributed by atoms with Crippen LogP contribution in [0.15, 0.2) is 34.8 Å². The topological polar surface area (TPSA) is 83.8 Å². The summed E-state index contributed by atoms with van der Waals surface area (Å²) >= 11 is 0. The summed E-state index contributed by atoms with van der Waals surface area (Å²) < 4.78 is 0. The van der Waals surface area contributed by atoms with E-state index in [9.17, 15) is 4.79 Å². The Kier molecular flexibility index (Phi) is 2.53. The number of hydrogen-bond acceptors (Lipinski definition) is 4. The Bertz CT molecular complexity index is 473. The third-order valence-corrected chi connectivity index (χ3v) is 2.02. The van der Waals surface area contributed by atoms with Crippen LogP contribution in [0.2, 0.25) is 0 Å². The van der Waals surface area contributed by atoms with Gasteiger partial charge in [-0.3, -0.25) is 9.78 Å². The summed E-state index contributed by atoms with van der Waals surface area (Å²) in [6, 6.07) is 1.25. The molecule has 0 aromatic carbocycles. The second kappa shape index (κ2) is 4.00. The second-order valence-corrected chi connectivity index (χ2v) is 3.28. The van der Waals surface area contributed by atoms with Crippen molar-refractivity contribution in [1.29, 1.82) is 0 Å². The molecule has 0 saturated carbocycles. The van der Waals surface area contributed by atoms with Crippen LogP contribution in [-0.4, -0.2) is 9.97 Å². The maximum absolute atomic E-state index is 11.1. The molecule has 1 aromatic heterocycles. The standard InChI is InChI=1S/C10H12N4O/c11-8-6-9(15)14-10(13-8)12-7-4-2-1-3-5-7/h2,4-6H,1,3H2,(H4,11,12,13,14,15). The molecule has 15 heavy (non-hydrogen) atoms. The molecule has 0 amide bonds. The Labute approximate surface area is 86.7 Å². The molecular formula is C10H12N4O. The highest BCUT2D eigenvalue weighted by Crippen LogP contribution is 2.11. The van der Waals surface area contributed by atoms with Crippen LogP contribution in [0.1, 0.15) is 12.8 Å². The van der Waals surface area contributed by atoms with Crippen molar-refractivity contribution < 1.29 is 0 Å². The molecule has 78 valence electrons. The number of nitrogens with zero attached hydrogens (tertiary/aromatic N) is 1. The van der Waals surface area contributed by atoms with E-state index in [-0.39, 0.29) is 11.4 Å². The SMILES string of the molecule is Nc1cc(=O)[nH]c(NC2=CCCC=C2)n1. The maximum Gasteiger partial charge on any atom is 0.254 e. The van der Waals surface area contributed by atoms with Gasteiger partial charge in [0, 0.05) is 11.8 Å². The molecule has 1 aliphatic carbocycles. The lowest BCUT2D eigenvalue weighted by Crippen LogP contribution is -2.13. The van der Waals surface area contributed by atoms with Gasteiger partial charge in [-0.15, -0.1) is 0 Å². The van der Waals surface area contributed by atoms with Crippen LogP contribution in [0, 0.1) is 0 Å². The number of hydrogen-bond donors (Lipinski definition) is 3. The minimum absolute atomic E-state index is 0.210. The monoisotopic (exact) mass is 204 g/mol. The first-order valence-corrected chi connectivity index (χ1v) is 4.74.